The van der Waals surface area contributed by atoms with E-state index in [4.69, 9.17) is 16.2 Å². The van der Waals surface area contributed by atoms with Crippen LogP contribution in [0.4, 0.5) is 0 Å². The molecule has 1 unspecified atom stereocenters. The number of aromatic hydroxyl groups is 1. The molecule has 5 aliphatic heterocycles. The van der Waals surface area contributed by atoms with Gasteiger partial charge in [-0.05, 0) is 268 Å². The van der Waals surface area contributed by atoms with Crippen LogP contribution in [0.3, 0.4) is 0 Å². The predicted octanol–water partition coefficient (Wildman–Crippen LogP) is 9.01. The van der Waals surface area contributed by atoms with Gasteiger partial charge in [0.15, 0.2) is 17.3 Å². The lowest BCUT2D eigenvalue weighted by atomic mass is 9.52. The van der Waals surface area contributed by atoms with Crippen molar-refractivity contribution in [3.05, 3.63) is 172 Å². The summed E-state index contributed by atoms with van der Waals surface area (Å²) in [6, 6.07) is 37.1. The molecular formula is C80H105N9O6. The van der Waals surface area contributed by atoms with Gasteiger partial charge in [0.1, 0.15) is 5.78 Å². The van der Waals surface area contributed by atoms with Gasteiger partial charge in [-0.3, -0.25) is 9.59 Å². The largest absolute Gasteiger partial charge is 0.504 e. The minimum absolute atomic E-state index is 0.0589. The van der Waals surface area contributed by atoms with Gasteiger partial charge in [-0.1, -0.05) is 103 Å². The number of aryl methyl sites for hydroxylation is 2. The number of piperidine rings is 1. The molecule has 4 aromatic rings. The zero-order chi connectivity index (χ0) is 65.9. The predicted molar refractivity (Wildman–Crippen MR) is 379 cm³/mol. The Morgan fingerprint density at radius 3 is 2.46 bits per heavy atom. The molecular weight excluding hydrogens is 1180 g/mol. The molecule has 4 aromatic carbocycles. The molecule has 5 fully saturated rings. The van der Waals surface area contributed by atoms with Crippen molar-refractivity contribution in [2.24, 2.45) is 80.6 Å². The number of dihydropyridines is 1. The molecule has 4 aliphatic carbocycles. The number of nitrogens with one attached hydrogen (secondary N) is 6. The van der Waals surface area contributed by atoms with E-state index in [2.05, 4.69) is 140 Å². The number of fused-ring (bicyclic) bond motifs is 13. The molecule has 1 saturated heterocycles. The Labute approximate surface area is 564 Å². The fraction of sp³-hybridized carbons (Fsp3) is 0.537. The van der Waals surface area contributed by atoms with Crippen LogP contribution in [-0.4, -0.2) is 117 Å². The van der Waals surface area contributed by atoms with Crippen LogP contribution in [0.5, 0.6) is 11.5 Å². The third kappa shape index (κ3) is 16.4. The van der Waals surface area contributed by atoms with Crippen molar-refractivity contribution >= 4 is 23.1 Å². The summed E-state index contributed by atoms with van der Waals surface area (Å²) in [6.07, 6.45) is 23.8. The molecule has 0 radical (unpaired) electrons. The number of ketones is 2. The summed E-state index contributed by atoms with van der Waals surface area (Å²) in [5, 5.41) is 56.7. The second-order valence-electron chi connectivity index (χ2n) is 29.7. The SMILES string of the molecule is COc1cc2c(cc1O)CC1=CNC(N)C=C1[C@@H](Cc1cccc(CCc3ccccc3)c1)CC#CN=C(N)NCC[C@H]1C[C@]3(C[C@@H]1CNCCc1ccccc1)[C@@H]1CC[C@H](CC(=O)CC(=O)/C=C/2CO)C[C@]1(C[C@@H]1[C@H]2CCNC[C@H]2C[C@@H]2C=CCN[C@@H]12)C[C@H]3NC[C@H](C)O. The molecule has 15 nitrogen and oxygen atoms in total. The smallest absolute Gasteiger partial charge is 0.202 e. The minimum atomic E-state index is -0.512. The highest BCUT2D eigenvalue weighted by Gasteiger charge is 2.67. The van der Waals surface area contributed by atoms with Gasteiger partial charge in [0, 0.05) is 56.8 Å². The van der Waals surface area contributed by atoms with E-state index in [0.717, 1.165) is 120 Å². The first-order chi connectivity index (χ1) is 46.2. The summed E-state index contributed by atoms with van der Waals surface area (Å²) < 4.78 is 5.68. The Morgan fingerprint density at radius 2 is 1.66 bits per heavy atom. The van der Waals surface area contributed by atoms with Crippen molar-refractivity contribution in [1.29, 1.82) is 0 Å². The Bertz CT molecular complexity index is 3520. The number of ether oxygens (including phenoxy) is 1. The third-order valence-corrected chi connectivity index (χ3v) is 23.5. The number of hydrogen-bond donors (Lipinski definition) is 11. The van der Waals surface area contributed by atoms with Crippen molar-refractivity contribution in [2.45, 2.75) is 147 Å². The number of guanidine groups is 1. The summed E-state index contributed by atoms with van der Waals surface area (Å²) in [5.74, 6) is 6.65. The number of aliphatic hydroxyl groups is 2. The lowest BCUT2D eigenvalue weighted by Crippen LogP contribution is -2.57. The Kier molecular flexibility index (Phi) is 22.6. The standard InChI is InChI=1S/C80H105N9O6/c1-52(91)47-88-75-46-79(45-71-68-26-30-84-48-62(68)35-59-19-11-27-85-77(59)71)42-57-22-23-74(79)80(75)43-60(65(44-80)49-83-29-24-54-14-7-4-8-15-54)25-31-87-78(82)86-28-10-18-58(33-56-17-9-16-55(32-56)21-20-53-12-5-3-6-13-53)70-41-76(81)89-50-63(70)36-61-38-72(94)73(95-2)40-69(61)64(51-90)37-67(93)39-66(92)34-57/h3-9,11-17,19,32,37-38,40-41,50,52,57-60,62,65,68,71,74-77,83-85,88-91,94H,18,20-27,29-31,33-36,39,42-49,51,81H2,1-2H3,(H3,82,86,87)/b64-37+/t52-,57+,58+,59-,60-,62+,65+,68-,71+,74+,75+,76?,77+,79-,80-/m0/s1. The van der Waals surface area contributed by atoms with Gasteiger partial charge in [0.2, 0.25) is 5.96 Å². The molecule has 9 aliphatic rings. The number of methoxy groups -OCH3 is 1. The van der Waals surface area contributed by atoms with Crippen LogP contribution >= 0.6 is 0 Å². The summed E-state index contributed by atoms with van der Waals surface area (Å²) in [4.78, 5) is 34.1. The van der Waals surface area contributed by atoms with Crippen LogP contribution in [0.1, 0.15) is 124 Å². The van der Waals surface area contributed by atoms with Gasteiger partial charge in [-0.2, -0.15) is 4.99 Å². The van der Waals surface area contributed by atoms with E-state index in [1.165, 1.54) is 42.7 Å². The van der Waals surface area contributed by atoms with E-state index in [0.29, 0.717) is 109 Å². The Hall–Kier alpha value is -6.87. The minimum Gasteiger partial charge on any atom is -0.504 e. The van der Waals surface area contributed by atoms with Crippen LogP contribution in [0.25, 0.3) is 5.57 Å². The maximum Gasteiger partial charge on any atom is 0.202 e. The molecule has 0 amide bonds. The maximum absolute atomic E-state index is 14.8. The molecule has 95 heavy (non-hydrogen) atoms. The topological polar surface area (TPSA) is 241 Å². The molecule has 506 valence electrons. The first kappa shape index (κ1) is 68.1. The fourth-order valence-corrected chi connectivity index (χ4v) is 19.6. The summed E-state index contributed by atoms with van der Waals surface area (Å²) in [5.41, 5.74) is 21.8. The van der Waals surface area contributed by atoms with Crippen molar-refractivity contribution in [1.82, 2.24) is 31.9 Å². The summed E-state index contributed by atoms with van der Waals surface area (Å²) in [6.45, 7) is 7.35. The van der Waals surface area contributed by atoms with E-state index in [1.807, 2.05) is 25.3 Å². The number of carbonyl (C=O) groups is 2. The number of carbonyl (C=O) groups excluding carboxylic acids is 2. The van der Waals surface area contributed by atoms with E-state index < -0.39 is 18.9 Å². The number of Topliss-reactive ketones (excluding diaryl/α,β-unsaturated/α-hetero) is 1. The lowest BCUT2D eigenvalue weighted by molar-refractivity contribution is -0.126. The number of benzene rings is 4. The number of hydrogen-bond acceptors (Lipinski definition) is 15. The monoisotopic (exact) mass is 1290 g/mol. The fourth-order valence-electron chi connectivity index (χ4n) is 19.6. The second kappa shape index (κ2) is 31.6. The van der Waals surface area contributed by atoms with Crippen LogP contribution in [0.15, 0.2) is 144 Å². The third-order valence-electron chi connectivity index (χ3n) is 23.5. The van der Waals surface area contributed by atoms with Crippen molar-refractivity contribution < 1.29 is 29.6 Å². The normalized spacial score (nSPS) is 32.0. The van der Waals surface area contributed by atoms with Gasteiger partial charge in [0.05, 0.1) is 32.4 Å². The molecule has 1 spiro atoms. The maximum atomic E-state index is 14.8. The number of phenols is 1. The average molecular weight is 1290 g/mol. The second-order valence-corrected chi connectivity index (χ2v) is 29.7. The van der Waals surface area contributed by atoms with Gasteiger partial charge < -0.3 is 63.4 Å². The van der Waals surface area contributed by atoms with Crippen LogP contribution < -0.4 is 48.1 Å². The number of nitrogens with two attached hydrogens (primary N) is 2. The number of aliphatic hydroxyl groups excluding tert-OH is 2. The Morgan fingerprint density at radius 1 is 0.874 bits per heavy atom. The summed E-state index contributed by atoms with van der Waals surface area (Å²) >= 11 is 0. The molecule has 13 rings (SSSR count). The zero-order valence-electron chi connectivity index (χ0n) is 56.2. The number of allylic oxidation sites excluding steroid dienone is 3. The van der Waals surface area contributed by atoms with Crippen LogP contribution in [0, 0.1) is 76.1 Å². The van der Waals surface area contributed by atoms with Crippen molar-refractivity contribution in [3.8, 4) is 23.5 Å². The lowest BCUT2D eigenvalue weighted by Gasteiger charge is -2.55. The van der Waals surface area contributed by atoms with Gasteiger partial charge in [-0.25, -0.2) is 0 Å². The van der Waals surface area contributed by atoms with Crippen LogP contribution in [0.2, 0.25) is 0 Å². The zero-order valence-corrected chi connectivity index (χ0v) is 56.2. The van der Waals surface area contributed by atoms with Crippen molar-refractivity contribution in [3.63, 3.8) is 0 Å². The first-order valence-electron chi connectivity index (χ1n) is 35.9. The molecule has 15 heteroatoms. The number of nitrogens with zero attached hydrogens (tertiary/aromatic N) is 1. The van der Waals surface area contributed by atoms with E-state index >= 15 is 0 Å². The molecule has 5 bridgehead atoms. The van der Waals surface area contributed by atoms with Crippen molar-refractivity contribution in [2.75, 3.05) is 59.5 Å². The highest BCUT2D eigenvalue weighted by atomic mass is 16.5. The molecule has 4 saturated carbocycles. The summed E-state index contributed by atoms with van der Waals surface area (Å²) in [7, 11) is 1.48. The Balaban J connectivity index is 0.902. The highest BCUT2D eigenvalue weighted by Crippen LogP contribution is 2.71. The average Bonchev–Trinajstić information content (AvgIpc) is 1.55. The molecule has 5 heterocycles. The first-order valence-corrected chi connectivity index (χ1v) is 35.9. The van der Waals surface area contributed by atoms with Crippen LogP contribution in [-0.2, 0) is 41.7 Å². The molecule has 15 atom stereocenters. The van der Waals surface area contributed by atoms with E-state index in [1.54, 1.807) is 12.1 Å². The number of phenolic OH excluding ortho intramolecular Hbond substituents is 1. The number of aliphatic imine (C=N–C) groups is 1. The molecule has 0 aromatic heterocycles. The quantitative estimate of drug-likeness (QED) is 0.0205. The molecule has 13 N–H and O–H groups in total. The van der Waals surface area contributed by atoms with E-state index in [-0.39, 0.29) is 58.2 Å². The highest BCUT2D eigenvalue weighted by molar-refractivity contribution is 6.08. The number of rotatable bonds is 17. The van der Waals surface area contributed by atoms with Gasteiger partial charge in [-0.15, -0.1) is 0 Å². The van der Waals surface area contributed by atoms with Gasteiger partial charge >= 0.3 is 0 Å². The van der Waals surface area contributed by atoms with Gasteiger partial charge in [0.25, 0.3) is 0 Å². The van der Waals surface area contributed by atoms with E-state index in [9.17, 15) is 24.9 Å².